The van der Waals surface area contributed by atoms with Gasteiger partial charge >= 0.3 is 0 Å². The highest BCUT2D eigenvalue weighted by Crippen LogP contribution is 2.27. The second-order valence-corrected chi connectivity index (χ2v) is 4.66. The average Bonchev–Trinajstić information content (AvgIpc) is 2.82. The first-order valence-electron chi connectivity index (χ1n) is 6.72. The molecule has 0 radical (unpaired) electrons. The average molecular weight is 299 g/mol. The predicted octanol–water partition coefficient (Wildman–Crippen LogP) is 4.38. The number of hydrogen-bond acceptors (Lipinski definition) is 3. The lowest BCUT2D eigenvalue weighted by atomic mass is 10.2. The van der Waals surface area contributed by atoms with Crippen LogP contribution in [0.2, 0.25) is 0 Å². The molecule has 0 N–H and O–H groups in total. The lowest BCUT2D eigenvalue weighted by molar-refractivity contribution is 0.103. The van der Waals surface area contributed by atoms with Crippen molar-refractivity contribution in [1.29, 1.82) is 0 Å². The third kappa shape index (κ3) is 3.44. The van der Waals surface area contributed by atoms with Crippen LogP contribution in [0.25, 0.3) is 11.5 Å². The number of benzene rings is 1. The third-order valence-corrected chi connectivity index (χ3v) is 3.03. The van der Waals surface area contributed by atoms with Crippen molar-refractivity contribution in [2.24, 2.45) is 0 Å². The molecule has 0 aliphatic carbocycles. The SMILES string of the molecule is CCCCOCc1oc(-c2ccc(F)c(F)c2F)nc1C. The largest absolute Gasteiger partial charge is 0.438 e. The number of aromatic nitrogens is 1. The highest BCUT2D eigenvalue weighted by atomic mass is 19.2. The molecule has 3 nitrogen and oxygen atoms in total. The van der Waals surface area contributed by atoms with Crippen molar-refractivity contribution in [2.75, 3.05) is 6.61 Å². The standard InChI is InChI=1S/C15H16F3NO2/c1-3-4-7-20-8-12-9(2)19-15(21-12)10-5-6-11(16)14(18)13(10)17/h5-6H,3-4,7-8H2,1-2H3. The molecule has 1 aromatic carbocycles. The van der Waals surface area contributed by atoms with Gasteiger partial charge in [0.1, 0.15) is 6.61 Å². The van der Waals surface area contributed by atoms with E-state index in [2.05, 4.69) is 4.98 Å². The normalized spacial score (nSPS) is 11.1. The minimum absolute atomic E-state index is 0.0852. The summed E-state index contributed by atoms with van der Waals surface area (Å²) in [7, 11) is 0. The number of hydrogen-bond donors (Lipinski definition) is 0. The number of halogens is 3. The molecule has 2 aromatic rings. The van der Waals surface area contributed by atoms with Crippen LogP contribution in [0.15, 0.2) is 16.5 Å². The second kappa shape index (κ2) is 6.76. The van der Waals surface area contributed by atoms with Gasteiger partial charge in [-0.3, -0.25) is 0 Å². The molecule has 1 aromatic heterocycles. The molecule has 0 atom stereocenters. The Kier molecular flexibility index (Phi) is 5.01. The molecule has 2 rings (SSSR count). The predicted molar refractivity (Wildman–Crippen MR) is 71.1 cm³/mol. The molecule has 114 valence electrons. The van der Waals surface area contributed by atoms with Crippen molar-refractivity contribution in [3.8, 4) is 11.5 Å². The van der Waals surface area contributed by atoms with Crippen molar-refractivity contribution in [2.45, 2.75) is 33.3 Å². The Morgan fingerprint density at radius 2 is 1.95 bits per heavy atom. The van der Waals surface area contributed by atoms with Crippen LogP contribution in [-0.4, -0.2) is 11.6 Å². The van der Waals surface area contributed by atoms with E-state index in [1.807, 2.05) is 6.92 Å². The fraction of sp³-hybridized carbons (Fsp3) is 0.400. The fourth-order valence-electron chi connectivity index (χ4n) is 1.78. The lowest BCUT2D eigenvalue weighted by Gasteiger charge is -2.01. The summed E-state index contributed by atoms with van der Waals surface area (Å²) in [5.41, 5.74) is 0.322. The third-order valence-electron chi connectivity index (χ3n) is 3.03. The van der Waals surface area contributed by atoms with E-state index in [-0.39, 0.29) is 18.1 Å². The van der Waals surface area contributed by atoms with E-state index in [1.54, 1.807) is 6.92 Å². The zero-order valence-corrected chi connectivity index (χ0v) is 11.9. The van der Waals surface area contributed by atoms with Gasteiger partial charge in [-0.1, -0.05) is 13.3 Å². The van der Waals surface area contributed by atoms with Gasteiger partial charge in [0.05, 0.1) is 11.3 Å². The Bertz CT molecular complexity index is 626. The maximum absolute atomic E-state index is 13.7. The van der Waals surface area contributed by atoms with Crippen molar-refractivity contribution in [1.82, 2.24) is 4.98 Å². The number of rotatable bonds is 6. The van der Waals surface area contributed by atoms with Crippen LogP contribution < -0.4 is 0 Å². The maximum atomic E-state index is 13.7. The van der Waals surface area contributed by atoms with Crippen LogP contribution in [0.1, 0.15) is 31.2 Å². The van der Waals surface area contributed by atoms with Crippen LogP contribution >= 0.6 is 0 Å². The highest BCUT2D eigenvalue weighted by molar-refractivity contribution is 5.55. The second-order valence-electron chi connectivity index (χ2n) is 4.66. The van der Waals surface area contributed by atoms with Crippen molar-refractivity contribution < 1.29 is 22.3 Å². The Morgan fingerprint density at radius 1 is 1.19 bits per heavy atom. The quantitative estimate of drug-likeness (QED) is 0.586. The van der Waals surface area contributed by atoms with Gasteiger partial charge in [-0.15, -0.1) is 0 Å². The first-order valence-corrected chi connectivity index (χ1v) is 6.72. The molecule has 0 spiro atoms. The summed E-state index contributed by atoms with van der Waals surface area (Å²) < 4.78 is 50.6. The van der Waals surface area contributed by atoms with E-state index in [9.17, 15) is 13.2 Å². The zero-order chi connectivity index (χ0) is 15.4. The van der Waals surface area contributed by atoms with Crippen LogP contribution in [0.5, 0.6) is 0 Å². The summed E-state index contributed by atoms with van der Waals surface area (Å²) in [5, 5.41) is 0. The van der Waals surface area contributed by atoms with Crippen molar-refractivity contribution in [3.05, 3.63) is 41.0 Å². The fourth-order valence-corrected chi connectivity index (χ4v) is 1.78. The molecule has 0 aliphatic heterocycles. The summed E-state index contributed by atoms with van der Waals surface area (Å²) in [4.78, 5) is 4.04. The van der Waals surface area contributed by atoms with Crippen molar-refractivity contribution >= 4 is 0 Å². The van der Waals surface area contributed by atoms with Gasteiger partial charge in [-0.2, -0.15) is 0 Å². The summed E-state index contributed by atoms with van der Waals surface area (Å²) in [5.74, 6) is -3.73. The van der Waals surface area contributed by atoms with Crippen LogP contribution in [0.4, 0.5) is 13.2 Å². The van der Waals surface area contributed by atoms with Crippen LogP contribution in [0.3, 0.4) is 0 Å². The molecule has 0 saturated heterocycles. The summed E-state index contributed by atoms with van der Waals surface area (Å²) >= 11 is 0. The van der Waals surface area contributed by atoms with E-state index in [0.717, 1.165) is 25.0 Å². The van der Waals surface area contributed by atoms with E-state index in [4.69, 9.17) is 9.15 Å². The van der Waals surface area contributed by atoms with Crippen LogP contribution in [0, 0.1) is 24.4 Å². The van der Waals surface area contributed by atoms with Gasteiger partial charge < -0.3 is 9.15 Å². The summed E-state index contributed by atoms with van der Waals surface area (Å²) in [6, 6.07) is 1.94. The number of aryl methyl sites for hydroxylation is 1. The highest BCUT2D eigenvalue weighted by Gasteiger charge is 2.19. The van der Waals surface area contributed by atoms with E-state index in [0.29, 0.717) is 18.1 Å². The Balaban J connectivity index is 2.20. The Hall–Kier alpha value is -1.82. The minimum Gasteiger partial charge on any atom is -0.438 e. The molecule has 0 bridgehead atoms. The molecule has 1 heterocycles. The van der Waals surface area contributed by atoms with Crippen LogP contribution in [-0.2, 0) is 11.3 Å². The number of ether oxygens (including phenoxy) is 1. The van der Waals surface area contributed by atoms with E-state index >= 15 is 0 Å². The van der Waals surface area contributed by atoms with E-state index in [1.165, 1.54) is 0 Å². The minimum atomic E-state index is -1.54. The molecule has 0 aliphatic rings. The van der Waals surface area contributed by atoms with Gasteiger partial charge in [0.15, 0.2) is 23.2 Å². The molecular weight excluding hydrogens is 283 g/mol. The van der Waals surface area contributed by atoms with Gasteiger partial charge in [0.2, 0.25) is 5.89 Å². The summed E-state index contributed by atoms with van der Waals surface area (Å²) in [6.07, 6.45) is 1.94. The summed E-state index contributed by atoms with van der Waals surface area (Å²) in [6.45, 7) is 4.53. The smallest absolute Gasteiger partial charge is 0.229 e. The number of unbranched alkanes of at least 4 members (excludes halogenated alkanes) is 1. The topological polar surface area (TPSA) is 35.3 Å². The van der Waals surface area contributed by atoms with Gasteiger partial charge in [-0.25, -0.2) is 18.2 Å². The van der Waals surface area contributed by atoms with Gasteiger partial charge in [-0.05, 0) is 25.5 Å². The number of oxazole rings is 1. The molecule has 0 fully saturated rings. The molecular formula is C15H16F3NO2. The maximum Gasteiger partial charge on any atom is 0.229 e. The monoisotopic (exact) mass is 299 g/mol. The first kappa shape index (κ1) is 15.6. The number of nitrogens with zero attached hydrogens (tertiary/aromatic N) is 1. The van der Waals surface area contributed by atoms with Gasteiger partial charge in [0.25, 0.3) is 0 Å². The first-order chi connectivity index (χ1) is 10.0. The molecule has 21 heavy (non-hydrogen) atoms. The van der Waals surface area contributed by atoms with Crippen molar-refractivity contribution in [3.63, 3.8) is 0 Å². The molecule has 0 amide bonds. The Morgan fingerprint density at radius 3 is 2.67 bits per heavy atom. The Labute approximate surface area is 120 Å². The zero-order valence-electron chi connectivity index (χ0n) is 11.9. The molecule has 0 saturated carbocycles. The lowest BCUT2D eigenvalue weighted by Crippen LogP contribution is -1.95. The van der Waals surface area contributed by atoms with E-state index < -0.39 is 17.5 Å². The molecule has 6 heteroatoms. The van der Waals surface area contributed by atoms with Gasteiger partial charge in [0, 0.05) is 6.61 Å². The molecule has 0 unspecified atom stereocenters.